The summed E-state index contributed by atoms with van der Waals surface area (Å²) in [7, 11) is 0. The molecule has 0 atom stereocenters. The maximum Gasteiger partial charge on any atom is 1.00 e. The van der Waals surface area contributed by atoms with Gasteiger partial charge < -0.3 is 1.43 Å². The first kappa shape index (κ1) is 16.9. The maximum atomic E-state index is 8.94. The first-order chi connectivity index (χ1) is 3.00. The summed E-state index contributed by atoms with van der Waals surface area (Å²) in [6.45, 7) is 0. The summed E-state index contributed by atoms with van der Waals surface area (Å²) in [5.41, 5.74) is 0. The summed E-state index contributed by atoms with van der Waals surface area (Å²) in [5.74, 6) is 0. The summed E-state index contributed by atoms with van der Waals surface area (Å²) >= 11 is -4.38. The van der Waals surface area contributed by atoms with E-state index in [1.807, 2.05) is 0 Å². The summed E-state index contributed by atoms with van der Waals surface area (Å²) < 4.78 is 38.9. The molecular weight excluding hydrogens is 288 g/mol. The van der Waals surface area contributed by atoms with Crippen LogP contribution in [-0.2, 0) is 27.5 Å². The van der Waals surface area contributed by atoms with Crippen LogP contribution in [0.4, 0.5) is 0 Å². The molecule has 0 radical (unpaired) electrons. The van der Waals surface area contributed by atoms with E-state index in [1.54, 1.807) is 0 Å². The van der Waals surface area contributed by atoms with Gasteiger partial charge in [-0.15, -0.1) is 0 Å². The van der Waals surface area contributed by atoms with Crippen LogP contribution in [0.3, 0.4) is 0 Å². The monoisotopic (exact) mass is 292 g/mol. The van der Waals surface area contributed by atoms with Crippen LogP contribution in [0.25, 0.3) is 0 Å². The SMILES string of the molecule is O=[As](O)(O)O.[H-].[O]=[Ti].[Rb+]. The van der Waals surface area contributed by atoms with Gasteiger partial charge in [-0.2, -0.15) is 0 Å². The molecule has 0 unspecified atom stereocenters. The Labute approximate surface area is 111 Å². The van der Waals surface area contributed by atoms with Gasteiger partial charge >= 0.3 is 112 Å². The number of rotatable bonds is 0. The van der Waals surface area contributed by atoms with Gasteiger partial charge in [0.2, 0.25) is 0 Å². The van der Waals surface area contributed by atoms with Crippen LogP contribution in [0.15, 0.2) is 0 Å². The summed E-state index contributed by atoms with van der Waals surface area (Å²) in [6.07, 6.45) is 0. The molecule has 0 spiro atoms. The molecule has 0 aromatic rings. The zero-order valence-corrected chi connectivity index (χ0v) is 12.5. The third-order valence-electron chi connectivity index (χ3n) is 0. The van der Waals surface area contributed by atoms with Gasteiger partial charge in [-0.05, 0) is 0 Å². The van der Waals surface area contributed by atoms with Crippen LogP contribution < -0.4 is 58.2 Å². The van der Waals surface area contributed by atoms with E-state index >= 15 is 0 Å². The van der Waals surface area contributed by atoms with Crippen molar-refractivity contribution in [3.05, 3.63) is 0 Å². The zero-order chi connectivity index (χ0) is 6.50. The Kier molecular flexibility index (Phi) is 20.2. The third-order valence-corrected chi connectivity index (χ3v) is 0. The van der Waals surface area contributed by atoms with E-state index in [4.69, 9.17) is 19.4 Å². The Morgan fingerprint density at radius 1 is 1.25 bits per heavy atom. The predicted molar refractivity (Wildman–Crippen MR) is 14.9 cm³/mol. The van der Waals surface area contributed by atoms with Crippen molar-refractivity contribution < 1.29 is 99.4 Å². The molecule has 0 saturated carbocycles. The average Bonchev–Trinajstić information content (AvgIpc) is 1.36. The molecule has 8 heteroatoms. The van der Waals surface area contributed by atoms with Gasteiger partial charge in [0.1, 0.15) is 0 Å². The second-order valence-electron chi connectivity index (χ2n) is 0.513. The molecule has 0 fully saturated rings. The minimum Gasteiger partial charge on any atom is 1.00 e. The van der Waals surface area contributed by atoms with Gasteiger partial charge in [-0.25, -0.2) is 0 Å². The Morgan fingerprint density at radius 2 is 1.25 bits per heavy atom. The van der Waals surface area contributed by atoms with E-state index in [1.165, 1.54) is 0 Å². The fourth-order valence-electron chi connectivity index (χ4n) is 0. The normalized spacial score (nSPS) is 7.75. The van der Waals surface area contributed by atoms with Gasteiger partial charge in [-0.3, -0.25) is 0 Å². The van der Waals surface area contributed by atoms with Crippen LogP contribution in [0.2, 0.25) is 0 Å². The first-order valence-electron chi connectivity index (χ1n) is 0.987. The molecule has 0 saturated heterocycles. The molecule has 0 heterocycles. The van der Waals surface area contributed by atoms with Gasteiger partial charge in [0.25, 0.3) is 0 Å². The summed E-state index contributed by atoms with van der Waals surface area (Å²) in [4.78, 5) is 0. The van der Waals surface area contributed by atoms with E-state index in [2.05, 4.69) is 0 Å². The number of hydrogen-bond donors (Lipinski definition) is 3. The minimum absolute atomic E-state index is 0. The first-order valence-corrected chi connectivity index (χ1v) is 4.91. The Bertz CT molecular complexity index is 72.8. The van der Waals surface area contributed by atoms with Crippen molar-refractivity contribution >= 4 is 14.5 Å². The molecule has 0 amide bonds. The van der Waals surface area contributed by atoms with Crippen molar-refractivity contribution in [3.8, 4) is 0 Å². The van der Waals surface area contributed by atoms with E-state index in [0.29, 0.717) is 0 Å². The summed E-state index contributed by atoms with van der Waals surface area (Å²) in [5, 5.41) is 0. The smallest absolute Gasteiger partial charge is 1.00 e. The molecule has 3 N–H and O–H groups in total. The van der Waals surface area contributed by atoms with Gasteiger partial charge in [0.15, 0.2) is 0 Å². The second-order valence-corrected chi connectivity index (χ2v) is 2.67. The van der Waals surface area contributed by atoms with Crippen LogP contribution in [-0.4, -0.2) is 26.8 Å². The van der Waals surface area contributed by atoms with Crippen molar-refractivity contribution in [1.29, 1.82) is 0 Å². The van der Waals surface area contributed by atoms with E-state index in [0.717, 1.165) is 20.4 Å². The quantitative estimate of drug-likeness (QED) is 0.388. The van der Waals surface area contributed by atoms with Crippen molar-refractivity contribution in [3.63, 3.8) is 0 Å². The Hall–Kier alpha value is 2.56. The fraction of sp³-hybridized carbons (Fsp3) is 0. The van der Waals surface area contributed by atoms with Crippen molar-refractivity contribution in [1.82, 2.24) is 0 Å². The number of hydrogen-bond acceptors (Lipinski definition) is 2. The molecule has 5 nitrogen and oxygen atoms in total. The van der Waals surface area contributed by atoms with Crippen molar-refractivity contribution in [2.45, 2.75) is 0 Å². The molecule has 44 valence electrons. The van der Waals surface area contributed by atoms with Crippen molar-refractivity contribution in [2.75, 3.05) is 0 Å². The van der Waals surface area contributed by atoms with Crippen molar-refractivity contribution in [2.24, 2.45) is 0 Å². The predicted octanol–water partition coefficient (Wildman–Crippen LogP) is -5.18. The largest absolute Gasteiger partial charge is 1.00 e. The van der Waals surface area contributed by atoms with Crippen LogP contribution >= 0.6 is 0 Å². The third kappa shape index (κ3) is 74.7. The molecule has 0 aliphatic rings. The van der Waals surface area contributed by atoms with Gasteiger partial charge in [0, 0.05) is 0 Å². The molecule has 0 aromatic heterocycles. The van der Waals surface area contributed by atoms with E-state index in [-0.39, 0.29) is 59.6 Å². The minimum atomic E-state index is -5.12. The molecule has 0 aliphatic heterocycles. The van der Waals surface area contributed by atoms with E-state index < -0.39 is 14.5 Å². The maximum absolute atomic E-state index is 8.94. The Balaban J connectivity index is -0.0000000286. The van der Waals surface area contributed by atoms with Crippen LogP contribution in [0.1, 0.15) is 1.43 Å². The molecule has 0 bridgehead atoms. The Morgan fingerprint density at radius 3 is 1.25 bits per heavy atom. The molecular formula is H4AsO5RbTi. The zero-order valence-electron chi connectivity index (χ0n) is 5.11. The second kappa shape index (κ2) is 9.56. The molecule has 8 heavy (non-hydrogen) atoms. The topological polar surface area (TPSA) is 94.8 Å². The molecule has 0 aromatic carbocycles. The summed E-state index contributed by atoms with van der Waals surface area (Å²) in [6, 6.07) is 0. The average molecular weight is 292 g/mol. The van der Waals surface area contributed by atoms with Gasteiger partial charge in [0.05, 0.1) is 0 Å². The van der Waals surface area contributed by atoms with Gasteiger partial charge in [-0.1, -0.05) is 0 Å². The molecule has 0 rings (SSSR count). The van der Waals surface area contributed by atoms with E-state index in [9.17, 15) is 0 Å². The van der Waals surface area contributed by atoms with Crippen LogP contribution in [0, 0.1) is 0 Å². The standard InChI is InChI=1S/AsH3O4.O.Rb.Ti.H/c2-1(3,4)5;;;;/h(H3,2,3,4,5);;;;/q;;+1;;-1. The molecule has 0 aliphatic carbocycles. The fourth-order valence-corrected chi connectivity index (χ4v) is 0. The van der Waals surface area contributed by atoms with Crippen LogP contribution in [0.5, 0.6) is 0 Å².